The van der Waals surface area contributed by atoms with Crippen LogP contribution in [-0.4, -0.2) is 0 Å². The van der Waals surface area contributed by atoms with Crippen LogP contribution in [0.5, 0.6) is 0 Å². The van der Waals surface area contributed by atoms with E-state index in [2.05, 4.69) is 87.2 Å². The van der Waals surface area contributed by atoms with Crippen LogP contribution in [0, 0.1) is 0 Å². The molecule has 1 aliphatic rings. The molecule has 1 aliphatic carbocycles. The molecule has 0 heterocycles. The van der Waals surface area contributed by atoms with E-state index in [1.54, 1.807) is 0 Å². The summed E-state index contributed by atoms with van der Waals surface area (Å²) in [6.07, 6.45) is 5.66. The van der Waals surface area contributed by atoms with Crippen LogP contribution in [-0.2, 0) is 30.6 Å². The van der Waals surface area contributed by atoms with Gasteiger partial charge in [0.05, 0.1) is 0 Å². The molecule has 0 nitrogen and oxygen atoms in total. The van der Waals surface area contributed by atoms with E-state index in [1.165, 1.54) is 16.7 Å². The summed E-state index contributed by atoms with van der Waals surface area (Å²) >= 11 is 2.32. The van der Waals surface area contributed by atoms with Crippen molar-refractivity contribution in [1.29, 1.82) is 0 Å². The molecule has 2 aromatic carbocycles. The van der Waals surface area contributed by atoms with Crippen molar-refractivity contribution in [2.75, 3.05) is 0 Å². The second-order valence-electron chi connectivity index (χ2n) is 4.55. The van der Waals surface area contributed by atoms with Crippen molar-refractivity contribution in [1.82, 2.24) is 0 Å². The number of hydrogen-bond donors (Lipinski definition) is 0. The summed E-state index contributed by atoms with van der Waals surface area (Å²) in [5.41, 5.74) is 4.21. The first-order chi connectivity index (χ1) is 8.28. The van der Waals surface area contributed by atoms with Crippen LogP contribution in [0.4, 0.5) is 9.41 Å². The van der Waals surface area contributed by atoms with Gasteiger partial charge in [-0.2, -0.15) is 0 Å². The molecule has 3 rings (SSSR count). The second-order valence-corrected chi connectivity index (χ2v) is 5.95. The summed E-state index contributed by atoms with van der Waals surface area (Å²) in [7, 11) is 0. The number of fused-ring (bicyclic) bond motifs is 1. The minimum absolute atomic E-state index is 0. The van der Waals surface area contributed by atoms with Crippen LogP contribution in [0.25, 0.3) is 6.08 Å². The fraction of sp³-hybridized carbons (Fsp3) is 0.125. The predicted molar refractivity (Wildman–Crippen MR) is 72.3 cm³/mol. The first-order valence-corrected chi connectivity index (χ1v) is 6.64. The van der Waals surface area contributed by atoms with Crippen molar-refractivity contribution in [2.45, 2.75) is 10.1 Å². The summed E-state index contributed by atoms with van der Waals surface area (Å²) < 4.78 is 0.151. The van der Waals surface area contributed by atoms with Crippen LogP contribution in [0.2, 0.25) is 0 Å². The van der Waals surface area contributed by atoms with Gasteiger partial charge in [0, 0.05) is 0 Å². The molecular formula is C16H15F2Ti. The van der Waals surface area contributed by atoms with E-state index >= 15 is 0 Å². The van der Waals surface area contributed by atoms with Gasteiger partial charge in [-0.25, -0.2) is 0 Å². The summed E-state index contributed by atoms with van der Waals surface area (Å²) in [5.74, 6) is 0. The van der Waals surface area contributed by atoms with Gasteiger partial charge >= 0.3 is 114 Å². The molecule has 97 valence electrons. The Morgan fingerprint density at radius 1 is 0.842 bits per heavy atom. The molecule has 0 amide bonds. The monoisotopic (exact) mass is 293 g/mol. The molecule has 0 aromatic heterocycles. The SMILES string of the molecule is F.F.[Ti][C]1(Cc2ccccc2)C=Cc2ccccc21. The van der Waals surface area contributed by atoms with Crippen molar-refractivity contribution in [2.24, 2.45) is 0 Å². The van der Waals surface area contributed by atoms with Gasteiger partial charge in [-0.05, 0) is 0 Å². The molecular weight excluding hydrogens is 278 g/mol. The van der Waals surface area contributed by atoms with E-state index in [1.807, 2.05) is 0 Å². The van der Waals surface area contributed by atoms with Crippen LogP contribution in [0.15, 0.2) is 60.7 Å². The molecule has 0 bridgehead atoms. The third kappa shape index (κ3) is 3.02. The Morgan fingerprint density at radius 2 is 1.47 bits per heavy atom. The Bertz CT molecular complexity index is 566. The molecule has 0 radical (unpaired) electrons. The molecule has 2 aromatic rings. The number of rotatable bonds is 2. The molecule has 1 unspecified atom stereocenters. The molecule has 1 atom stereocenters. The van der Waals surface area contributed by atoms with Crippen molar-refractivity contribution in [3.05, 3.63) is 77.4 Å². The van der Waals surface area contributed by atoms with Gasteiger partial charge in [-0.15, -0.1) is 0 Å². The van der Waals surface area contributed by atoms with Gasteiger partial charge in [-0.3, -0.25) is 9.41 Å². The van der Waals surface area contributed by atoms with Crippen LogP contribution in [0.1, 0.15) is 16.7 Å². The van der Waals surface area contributed by atoms with Crippen molar-refractivity contribution in [3.8, 4) is 0 Å². The molecule has 19 heavy (non-hydrogen) atoms. The van der Waals surface area contributed by atoms with Gasteiger partial charge in [0.1, 0.15) is 0 Å². The number of hydrogen-bond acceptors (Lipinski definition) is 0. The first kappa shape index (κ1) is 15.8. The average Bonchev–Trinajstić information content (AvgIpc) is 2.69. The third-order valence-corrected chi connectivity index (χ3v) is 4.27. The second kappa shape index (κ2) is 6.27. The van der Waals surface area contributed by atoms with Crippen molar-refractivity contribution < 1.29 is 29.8 Å². The average molecular weight is 293 g/mol. The van der Waals surface area contributed by atoms with Gasteiger partial charge in [-0.1, -0.05) is 0 Å². The van der Waals surface area contributed by atoms with Gasteiger partial charge in [0.25, 0.3) is 0 Å². The number of halogens is 2. The Hall–Kier alpha value is -1.25. The van der Waals surface area contributed by atoms with E-state index in [9.17, 15) is 0 Å². The summed E-state index contributed by atoms with van der Waals surface area (Å²) in [5, 5.41) is 0. The van der Waals surface area contributed by atoms with Crippen LogP contribution >= 0.6 is 0 Å². The van der Waals surface area contributed by atoms with Crippen LogP contribution < -0.4 is 0 Å². The number of allylic oxidation sites excluding steroid dienone is 1. The maximum atomic E-state index is 2.34. The van der Waals surface area contributed by atoms with E-state index in [0.29, 0.717) is 0 Å². The first-order valence-electron chi connectivity index (χ1n) is 5.86. The third-order valence-electron chi connectivity index (χ3n) is 3.31. The molecule has 0 spiro atoms. The quantitative estimate of drug-likeness (QED) is 0.734. The molecule has 0 saturated heterocycles. The molecule has 3 heteroatoms. The summed E-state index contributed by atoms with van der Waals surface area (Å²) in [6, 6.07) is 19.4. The molecule has 0 N–H and O–H groups in total. The zero-order valence-corrected chi connectivity index (χ0v) is 11.9. The van der Waals surface area contributed by atoms with Gasteiger partial charge in [0.15, 0.2) is 0 Å². The fourth-order valence-electron chi connectivity index (χ4n) is 2.44. The Kier molecular flexibility index (Phi) is 5.22. The fourth-order valence-corrected chi connectivity index (χ4v) is 3.25. The summed E-state index contributed by atoms with van der Waals surface area (Å²) in [4.78, 5) is 0. The topological polar surface area (TPSA) is 0 Å². The van der Waals surface area contributed by atoms with E-state index in [0.717, 1.165) is 6.42 Å². The van der Waals surface area contributed by atoms with E-state index in [-0.39, 0.29) is 13.1 Å². The normalized spacial score (nSPS) is 19.1. The minimum atomic E-state index is 0. The zero-order chi connectivity index (χ0) is 11.7. The zero-order valence-electron chi connectivity index (χ0n) is 10.4. The Labute approximate surface area is 123 Å². The molecule has 0 aliphatic heterocycles. The summed E-state index contributed by atoms with van der Waals surface area (Å²) in [6.45, 7) is 0. The predicted octanol–water partition coefficient (Wildman–Crippen LogP) is 4.00. The van der Waals surface area contributed by atoms with Crippen molar-refractivity contribution >= 4 is 6.08 Å². The van der Waals surface area contributed by atoms with E-state index in [4.69, 9.17) is 0 Å². The molecule has 0 saturated carbocycles. The van der Waals surface area contributed by atoms with Crippen molar-refractivity contribution in [3.63, 3.8) is 0 Å². The van der Waals surface area contributed by atoms with Gasteiger partial charge in [0.2, 0.25) is 0 Å². The van der Waals surface area contributed by atoms with Gasteiger partial charge < -0.3 is 0 Å². The molecule has 0 fully saturated rings. The van der Waals surface area contributed by atoms with Crippen LogP contribution in [0.3, 0.4) is 0 Å². The van der Waals surface area contributed by atoms with E-state index < -0.39 is 0 Å². The Balaban J connectivity index is 0.000000902. The number of benzene rings is 2. The standard InChI is InChI=1S/C16H13.2FH.Ti/c1-2-6-13(7-3-1)12-15-11-10-14-8-4-5-9-16(14)15;;;/h1-11H,12H2;2*1H;. The maximum absolute atomic E-state index is 2.34. The Morgan fingerprint density at radius 3 is 2.21 bits per heavy atom.